The number of pyridine rings is 1. The van der Waals surface area contributed by atoms with Gasteiger partial charge < -0.3 is 9.84 Å². The van der Waals surface area contributed by atoms with Crippen LogP contribution in [-0.4, -0.2) is 23.8 Å². The van der Waals surface area contributed by atoms with Crippen molar-refractivity contribution in [1.29, 1.82) is 0 Å². The van der Waals surface area contributed by atoms with E-state index in [0.717, 1.165) is 0 Å². The van der Waals surface area contributed by atoms with Crippen LogP contribution >= 0.6 is 0 Å². The van der Waals surface area contributed by atoms with Gasteiger partial charge in [0.25, 0.3) is 0 Å². The highest BCUT2D eigenvalue weighted by Gasteiger charge is 2.01. The Labute approximate surface area is 75.2 Å². The van der Waals surface area contributed by atoms with Crippen LogP contribution in [0.25, 0.3) is 0 Å². The molecular formula is C9H8FNO2. The van der Waals surface area contributed by atoms with Gasteiger partial charge in [-0.05, 0) is 6.07 Å². The highest BCUT2D eigenvalue weighted by atomic mass is 19.1. The minimum Gasteiger partial charge on any atom is -0.481 e. The van der Waals surface area contributed by atoms with Crippen molar-refractivity contribution in [3.8, 4) is 17.7 Å². The number of hydrogen-bond acceptors (Lipinski definition) is 3. The van der Waals surface area contributed by atoms with E-state index in [-0.39, 0.29) is 18.1 Å². The van der Waals surface area contributed by atoms with Crippen molar-refractivity contribution in [1.82, 2.24) is 4.98 Å². The molecule has 0 unspecified atom stereocenters. The number of aromatic nitrogens is 1. The zero-order valence-corrected chi connectivity index (χ0v) is 7.04. The molecule has 0 amide bonds. The first-order valence-corrected chi connectivity index (χ1v) is 3.58. The van der Waals surface area contributed by atoms with Crippen LogP contribution in [0.2, 0.25) is 0 Å². The monoisotopic (exact) mass is 181 g/mol. The first kappa shape index (κ1) is 9.49. The van der Waals surface area contributed by atoms with Gasteiger partial charge in [0, 0.05) is 6.07 Å². The number of aliphatic hydroxyl groups excluding tert-OH is 1. The van der Waals surface area contributed by atoms with Crippen LogP contribution in [0, 0.1) is 17.8 Å². The Morgan fingerprint density at radius 1 is 1.62 bits per heavy atom. The first-order valence-electron chi connectivity index (χ1n) is 3.58. The van der Waals surface area contributed by atoms with Crippen LogP contribution in [0.15, 0.2) is 12.1 Å². The maximum atomic E-state index is 13.0. The van der Waals surface area contributed by atoms with Crippen LogP contribution in [0.5, 0.6) is 5.88 Å². The normalized spacial score (nSPS) is 8.85. The molecule has 0 aliphatic carbocycles. The topological polar surface area (TPSA) is 42.4 Å². The number of rotatable bonds is 1. The van der Waals surface area contributed by atoms with Gasteiger partial charge in [-0.1, -0.05) is 11.8 Å². The summed E-state index contributed by atoms with van der Waals surface area (Å²) in [5, 5.41) is 8.38. The van der Waals surface area contributed by atoms with Crippen molar-refractivity contribution < 1.29 is 14.2 Å². The van der Waals surface area contributed by atoms with Crippen molar-refractivity contribution in [2.75, 3.05) is 13.7 Å². The van der Waals surface area contributed by atoms with E-state index in [9.17, 15) is 4.39 Å². The molecule has 13 heavy (non-hydrogen) atoms. The second-order valence-electron chi connectivity index (χ2n) is 2.15. The van der Waals surface area contributed by atoms with Crippen molar-refractivity contribution in [3.05, 3.63) is 23.6 Å². The highest BCUT2D eigenvalue weighted by molar-refractivity contribution is 5.34. The zero-order chi connectivity index (χ0) is 9.68. The molecule has 1 heterocycles. The van der Waals surface area contributed by atoms with Crippen molar-refractivity contribution >= 4 is 0 Å². The summed E-state index contributed by atoms with van der Waals surface area (Å²) in [6, 6.07) is 2.95. The number of hydrogen-bond donors (Lipinski definition) is 1. The lowest BCUT2D eigenvalue weighted by molar-refractivity contribution is 0.350. The van der Waals surface area contributed by atoms with E-state index in [1.165, 1.54) is 19.2 Å². The fourth-order valence-electron chi connectivity index (χ4n) is 0.759. The standard InChI is InChI=1S/C9H8FNO2/c1-13-8-5-4-7(3-2-6-12)9(10)11-8/h4-5,12H,6H2,1H3. The average Bonchev–Trinajstić information content (AvgIpc) is 2.16. The summed E-state index contributed by atoms with van der Waals surface area (Å²) in [4.78, 5) is 3.47. The molecular weight excluding hydrogens is 173 g/mol. The second-order valence-corrected chi connectivity index (χ2v) is 2.15. The van der Waals surface area contributed by atoms with Gasteiger partial charge in [-0.3, -0.25) is 0 Å². The van der Waals surface area contributed by atoms with E-state index >= 15 is 0 Å². The van der Waals surface area contributed by atoms with Gasteiger partial charge in [0.05, 0.1) is 12.7 Å². The molecule has 68 valence electrons. The molecule has 0 aliphatic heterocycles. The smallest absolute Gasteiger partial charge is 0.231 e. The van der Waals surface area contributed by atoms with Gasteiger partial charge in [-0.2, -0.15) is 9.37 Å². The maximum absolute atomic E-state index is 13.0. The summed E-state index contributed by atoms with van der Waals surface area (Å²) in [6.07, 6.45) is 0. The van der Waals surface area contributed by atoms with Gasteiger partial charge in [-0.25, -0.2) is 0 Å². The third kappa shape index (κ3) is 2.42. The Balaban J connectivity index is 2.98. The zero-order valence-electron chi connectivity index (χ0n) is 7.04. The first-order chi connectivity index (χ1) is 6.27. The summed E-state index contributed by atoms with van der Waals surface area (Å²) in [6.45, 7) is -0.300. The Morgan fingerprint density at radius 3 is 2.92 bits per heavy atom. The van der Waals surface area contributed by atoms with Crippen molar-refractivity contribution in [2.24, 2.45) is 0 Å². The summed E-state index contributed by atoms with van der Waals surface area (Å²) in [5.41, 5.74) is 0.148. The molecule has 4 heteroatoms. The summed E-state index contributed by atoms with van der Waals surface area (Å²) in [5.74, 6) is 4.26. The van der Waals surface area contributed by atoms with Crippen LogP contribution in [0.1, 0.15) is 5.56 Å². The van der Waals surface area contributed by atoms with Crippen molar-refractivity contribution in [3.63, 3.8) is 0 Å². The minimum absolute atomic E-state index is 0.148. The quantitative estimate of drug-likeness (QED) is 0.509. The molecule has 0 fully saturated rings. The van der Waals surface area contributed by atoms with Gasteiger partial charge in [0.15, 0.2) is 0 Å². The summed E-state index contributed by atoms with van der Waals surface area (Å²) in [7, 11) is 1.40. The number of ether oxygens (including phenoxy) is 1. The SMILES string of the molecule is COc1ccc(C#CCO)c(F)n1. The van der Waals surface area contributed by atoms with E-state index in [2.05, 4.69) is 16.8 Å². The van der Waals surface area contributed by atoms with E-state index in [1.54, 1.807) is 0 Å². The molecule has 0 spiro atoms. The second kappa shape index (κ2) is 4.43. The molecule has 3 nitrogen and oxygen atoms in total. The third-order valence-electron chi connectivity index (χ3n) is 1.33. The lowest BCUT2D eigenvalue weighted by Gasteiger charge is -1.98. The van der Waals surface area contributed by atoms with E-state index in [4.69, 9.17) is 9.84 Å². The number of nitrogens with zero attached hydrogens (tertiary/aromatic N) is 1. The lowest BCUT2D eigenvalue weighted by atomic mass is 10.3. The molecule has 0 radical (unpaired) electrons. The number of halogens is 1. The molecule has 0 aromatic carbocycles. The Hall–Kier alpha value is -1.60. The van der Waals surface area contributed by atoms with E-state index in [0.29, 0.717) is 0 Å². The third-order valence-corrected chi connectivity index (χ3v) is 1.33. The predicted octanol–water partition coefficient (Wildman–Crippen LogP) is 0.573. The van der Waals surface area contributed by atoms with Crippen LogP contribution in [0.3, 0.4) is 0 Å². The number of aliphatic hydroxyl groups is 1. The molecule has 1 N–H and O–H groups in total. The molecule has 0 saturated carbocycles. The average molecular weight is 181 g/mol. The molecule has 1 aromatic rings. The molecule has 0 aliphatic rings. The van der Waals surface area contributed by atoms with Gasteiger partial charge in [-0.15, -0.1) is 0 Å². The Morgan fingerprint density at radius 2 is 2.38 bits per heavy atom. The van der Waals surface area contributed by atoms with Gasteiger partial charge in [0.1, 0.15) is 6.61 Å². The molecule has 0 atom stereocenters. The van der Waals surface area contributed by atoms with Crippen LogP contribution in [0.4, 0.5) is 4.39 Å². The summed E-state index contributed by atoms with van der Waals surface area (Å²) >= 11 is 0. The fraction of sp³-hybridized carbons (Fsp3) is 0.222. The number of methoxy groups -OCH3 is 1. The largest absolute Gasteiger partial charge is 0.481 e. The van der Waals surface area contributed by atoms with Gasteiger partial charge in [0.2, 0.25) is 11.8 Å². The van der Waals surface area contributed by atoms with Gasteiger partial charge >= 0.3 is 0 Å². The lowest BCUT2D eigenvalue weighted by Crippen LogP contribution is -1.93. The molecule has 0 bridgehead atoms. The summed E-state index contributed by atoms with van der Waals surface area (Å²) < 4.78 is 17.7. The highest BCUT2D eigenvalue weighted by Crippen LogP contribution is 2.09. The van der Waals surface area contributed by atoms with Crippen molar-refractivity contribution in [2.45, 2.75) is 0 Å². The molecule has 0 saturated heterocycles. The predicted molar refractivity (Wildman–Crippen MR) is 44.7 cm³/mol. The molecule has 1 rings (SSSR count). The minimum atomic E-state index is -0.694. The maximum Gasteiger partial charge on any atom is 0.231 e. The van der Waals surface area contributed by atoms with Crippen LogP contribution in [-0.2, 0) is 0 Å². The fourth-order valence-corrected chi connectivity index (χ4v) is 0.759. The van der Waals surface area contributed by atoms with E-state index < -0.39 is 5.95 Å². The Bertz CT molecular complexity index is 354. The van der Waals surface area contributed by atoms with E-state index in [1.807, 2.05) is 0 Å². The molecule has 1 aromatic heterocycles. The Kier molecular flexibility index (Phi) is 3.23. The van der Waals surface area contributed by atoms with Crippen LogP contribution < -0.4 is 4.74 Å².